The molecule has 200 valence electrons. The summed E-state index contributed by atoms with van der Waals surface area (Å²) in [7, 11) is 0. The van der Waals surface area contributed by atoms with E-state index in [1.807, 2.05) is 0 Å². The van der Waals surface area contributed by atoms with Crippen molar-refractivity contribution in [3.05, 3.63) is 88.1 Å². The number of hydrogen-bond donors (Lipinski definition) is 3. The summed E-state index contributed by atoms with van der Waals surface area (Å²) >= 11 is 0. The van der Waals surface area contributed by atoms with E-state index in [4.69, 9.17) is 4.74 Å². The van der Waals surface area contributed by atoms with Crippen LogP contribution in [0, 0.1) is 5.41 Å². The zero-order chi connectivity index (χ0) is 27.2. The zero-order valence-corrected chi connectivity index (χ0v) is 20.4. The van der Waals surface area contributed by atoms with Crippen LogP contribution in [-0.2, 0) is 22.3 Å². The quantitative estimate of drug-likeness (QED) is 0.332. The first kappa shape index (κ1) is 27.1. The molecule has 0 radical (unpaired) electrons. The third-order valence-electron chi connectivity index (χ3n) is 6.56. The molecule has 0 spiro atoms. The van der Waals surface area contributed by atoms with Crippen molar-refractivity contribution in [1.82, 2.24) is 15.3 Å². The summed E-state index contributed by atoms with van der Waals surface area (Å²) in [6, 6.07) is 12.0. The van der Waals surface area contributed by atoms with Crippen molar-refractivity contribution in [3.63, 3.8) is 0 Å². The summed E-state index contributed by atoms with van der Waals surface area (Å²) < 4.78 is 45.2. The number of carbonyl (C=O) groups is 2. The highest BCUT2D eigenvalue weighted by Crippen LogP contribution is 2.36. The normalized spacial score (nSPS) is 17.2. The number of rotatable bonds is 10. The number of hydrogen-bond acceptors (Lipinski definition) is 6. The molecule has 1 unspecified atom stereocenters. The van der Waals surface area contributed by atoms with Gasteiger partial charge in [0, 0.05) is 37.7 Å². The largest absolute Gasteiger partial charge is 0.418 e. The predicted molar refractivity (Wildman–Crippen MR) is 134 cm³/mol. The molecule has 1 aromatic heterocycles. The lowest BCUT2D eigenvalue weighted by molar-refractivity contribution is -0.137. The molecule has 38 heavy (non-hydrogen) atoms. The van der Waals surface area contributed by atoms with Gasteiger partial charge in [0.25, 0.3) is 0 Å². The van der Waals surface area contributed by atoms with Gasteiger partial charge in [0.05, 0.1) is 28.8 Å². The number of carbonyl (C=O) groups excluding carboxylic acids is 2. The fourth-order valence-electron chi connectivity index (χ4n) is 4.39. The van der Waals surface area contributed by atoms with Crippen molar-refractivity contribution in [2.45, 2.75) is 38.4 Å². The van der Waals surface area contributed by atoms with Gasteiger partial charge in [-0.05, 0) is 49.1 Å². The standard InChI is InChI=1S/C27H27F3N4O4/c28-27(29,30)21-4-1-2-5-22(21)34-20-9-7-18(8-10-20)14-31-24(36)26(12-13-38-17-26)11-3-6-23(35)19-15-32-25(37)33-16-19/h1-2,4-5,7-10,15-16,34H,3,6,11-14,17H2,(H,31,36)(H,32,33,37). The number of nitrogens with zero attached hydrogens (tertiary/aromatic N) is 1. The number of aromatic nitrogens is 2. The molecule has 1 aliphatic heterocycles. The van der Waals surface area contributed by atoms with E-state index in [0.717, 1.165) is 11.6 Å². The molecule has 4 rings (SSSR count). The van der Waals surface area contributed by atoms with Crippen molar-refractivity contribution >= 4 is 23.1 Å². The minimum Gasteiger partial charge on any atom is -0.380 e. The van der Waals surface area contributed by atoms with E-state index in [9.17, 15) is 27.6 Å². The molecule has 3 aromatic rings. The van der Waals surface area contributed by atoms with E-state index in [1.54, 1.807) is 24.3 Å². The van der Waals surface area contributed by atoms with E-state index < -0.39 is 22.8 Å². The summed E-state index contributed by atoms with van der Waals surface area (Å²) in [5, 5.41) is 5.73. The smallest absolute Gasteiger partial charge is 0.380 e. The topological polar surface area (TPSA) is 113 Å². The zero-order valence-electron chi connectivity index (χ0n) is 20.4. The Hall–Kier alpha value is -3.99. The molecule has 1 saturated heterocycles. The van der Waals surface area contributed by atoms with Gasteiger partial charge < -0.3 is 20.4 Å². The maximum absolute atomic E-state index is 13.2. The Labute approximate surface area is 216 Å². The van der Waals surface area contributed by atoms with Crippen LogP contribution in [-0.4, -0.2) is 34.9 Å². The number of ether oxygens (including phenoxy) is 1. The first-order valence-electron chi connectivity index (χ1n) is 12.1. The van der Waals surface area contributed by atoms with E-state index in [-0.39, 0.29) is 37.0 Å². The van der Waals surface area contributed by atoms with Gasteiger partial charge in [0.2, 0.25) is 5.91 Å². The maximum atomic E-state index is 13.2. The summed E-state index contributed by atoms with van der Waals surface area (Å²) in [6.45, 7) is 0.946. The molecule has 0 saturated carbocycles. The highest BCUT2D eigenvalue weighted by Gasteiger charge is 2.41. The molecular weight excluding hydrogens is 501 g/mol. The number of alkyl halides is 3. The van der Waals surface area contributed by atoms with E-state index in [1.165, 1.54) is 30.6 Å². The van der Waals surface area contributed by atoms with Crippen molar-refractivity contribution in [2.75, 3.05) is 18.5 Å². The summed E-state index contributed by atoms with van der Waals surface area (Å²) in [6.07, 6.45) is -0.242. The minimum absolute atomic E-state index is 0.0421. The van der Waals surface area contributed by atoms with E-state index in [2.05, 4.69) is 20.6 Å². The van der Waals surface area contributed by atoms with Crippen molar-refractivity contribution in [3.8, 4) is 0 Å². The second-order valence-corrected chi connectivity index (χ2v) is 9.21. The number of amides is 1. The Bertz CT molecular complexity index is 1310. The van der Waals surface area contributed by atoms with Crippen LogP contribution in [0.4, 0.5) is 24.5 Å². The monoisotopic (exact) mass is 528 g/mol. The lowest BCUT2D eigenvalue weighted by Crippen LogP contribution is -2.41. The van der Waals surface area contributed by atoms with Gasteiger partial charge in [-0.2, -0.15) is 13.2 Å². The first-order chi connectivity index (χ1) is 18.2. The lowest BCUT2D eigenvalue weighted by atomic mass is 9.80. The number of anilines is 2. The highest BCUT2D eigenvalue weighted by molar-refractivity contribution is 5.95. The fourth-order valence-corrected chi connectivity index (χ4v) is 4.39. The Morgan fingerprint density at radius 3 is 2.53 bits per heavy atom. The van der Waals surface area contributed by atoms with Crippen LogP contribution < -0.4 is 16.3 Å². The van der Waals surface area contributed by atoms with E-state index in [0.29, 0.717) is 37.1 Å². The molecule has 2 heterocycles. The number of benzene rings is 2. The molecule has 1 fully saturated rings. The number of H-pyrrole nitrogens is 1. The number of halogens is 3. The third kappa shape index (κ3) is 6.65. The number of aromatic amines is 1. The molecule has 1 atom stereocenters. The minimum atomic E-state index is -4.47. The molecule has 2 aromatic carbocycles. The van der Waals surface area contributed by atoms with Gasteiger partial charge in [-0.3, -0.25) is 9.59 Å². The highest BCUT2D eigenvalue weighted by atomic mass is 19.4. The number of para-hydroxylation sites is 1. The molecule has 8 nitrogen and oxygen atoms in total. The molecule has 1 aliphatic rings. The Balaban J connectivity index is 1.31. The molecule has 3 N–H and O–H groups in total. The van der Waals surface area contributed by atoms with E-state index >= 15 is 0 Å². The summed E-state index contributed by atoms with van der Waals surface area (Å²) in [5.41, 5.74) is -0.491. The predicted octanol–water partition coefficient (Wildman–Crippen LogP) is 4.61. The van der Waals surface area contributed by atoms with Crippen LogP contribution in [0.5, 0.6) is 0 Å². The molecule has 11 heteroatoms. The molecular formula is C27H27F3N4O4. The maximum Gasteiger partial charge on any atom is 0.418 e. The Morgan fingerprint density at radius 2 is 1.87 bits per heavy atom. The van der Waals surface area contributed by atoms with Crippen LogP contribution >= 0.6 is 0 Å². The lowest BCUT2D eigenvalue weighted by Gasteiger charge is -2.26. The van der Waals surface area contributed by atoms with Crippen LogP contribution in [0.2, 0.25) is 0 Å². The van der Waals surface area contributed by atoms with Crippen molar-refractivity contribution in [2.24, 2.45) is 5.41 Å². The third-order valence-corrected chi connectivity index (χ3v) is 6.56. The molecule has 0 bridgehead atoms. The summed E-state index contributed by atoms with van der Waals surface area (Å²) in [4.78, 5) is 42.5. The second kappa shape index (κ2) is 11.6. The van der Waals surface area contributed by atoms with Gasteiger partial charge in [0.1, 0.15) is 0 Å². The van der Waals surface area contributed by atoms with Crippen LogP contribution in [0.3, 0.4) is 0 Å². The first-order valence-corrected chi connectivity index (χ1v) is 12.1. The van der Waals surface area contributed by atoms with Gasteiger partial charge >= 0.3 is 11.9 Å². The van der Waals surface area contributed by atoms with Gasteiger partial charge in [-0.15, -0.1) is 0 Å². The number of Topliss-reactive ketones (excluding diaryl/α,β-unsaturated/α-hetero) is 1. The van der Waals surface area contributed by atoms with Crippen LogP contribution in [0.25, 0.3) is 0 Å². The Kier molecular flexibility index (Phi) is 8.26. The van der Waals surface area contributed by atoms with Gasteiger partial charge in [-0.1, -0.05) is 24.3 Å². The van der Waals surface area contributed by atoms with Gasteiger partial charge in [0.15, 0.2) is 5.78 Å². The van der Waals surface area contributed by atoms with Crippen molar-refractivity contribution in [1.29, 1.82) is 0 Å². The average molecular weight is 529 g/mol. The van der Waals surface area contributed by atoms with Crippen molar-refractivity contribution < 1.29 is 27.5 Å². The number of nitrogens with one attached hydrogen (secondary N) is 3. The fraction of sp³-hybridized carbons (Fsp3) is 0.333. The van der Waals surface area contributed by atoms with Gasteiger partial charge in [-0.25, -0.2) is 9.78 Å². The Morgan fingerprint density at radius 1 is 1.11 bits per heavy atom. The number of ketones is 1. The molecule has 0 aliphatic carbocycles. The average Bonchev–Trinajstić information content (AvgIpc) is 3.38. The van der Waals surface area contributed by atoms with Crippen LogP contribution in [0.1, 0.15) is 47.2 Å². The summed E-state index contributed by atoms with van der Waals surface area (Å²) in [5.74, 6) is -0.343. The second-order valence-electron chi connectivity index (χ2n) is 9.21. The molecule has 1 amide bonds. The van der Waals surface area contributed by atoms with Crippen LogP contribution in [0.15, 0.2) is 65.7 Å². The SMILES string of the molecule is O=C(CCCC1(C(=O)NCc2ccc(Nc3ccccc3C(F)(F)F)cc2)CCOC1)c1cnc(=O)[nH]c1.